The number of halogens is 3. The van der Waals surface area contributed by atoms with Crippen molar-refractivity contribution < 1.29 is 18.0 Å². The molecule has 0 saturated carbocycles. The summed E-state index contributed by atoms with van der Waals surface area (Å²) in [4.78, 5) is 11.1. The topological polar surface area (TPSA) is 17.1 Å². The Balaban J connectivity index is 3.47. The Morgan fingerprint density at radius 2 is 1.93 bits per heavy atom. The van der Waals surface area contributed by atoms with Gasteiger partial charge < -0.3 is 0 Å². The molecule has 0 aromatic heterocycles. The van der Waals surface area contributed by atoms with E-state index in [0.717, 1.165) is 6.92 Å². The predicted octanol–water partition coefficient (Wildman–Crippen LogP) is 3.47. The van der Waals surface area contributed by atoms with Crippen LogP contribution in [0.1, 0.15) is 35.3 Å². The number of hydrogen-bond acceptors (Lipinski definition) is 1. The number of rotatable bonds is 2. The molecule has 1 nitrogen and oxygen atoms in total. The highest BCUT2D eigenvalue weighted by Gasteiger charge is 2.36. The first-order valence-electron chi connectivity index (χ1n) is 4.58. The van der Waals surface area contributed by atoms with E-state index in [1.165, 1.54) is 18.2 Å². The van der Waals surface area contributed by atoms with Gasteiger partial charge in [0, 0.05) is 5.56 Å². The molecule has 0 spiro atoms. The number of benzene rings is 1. The van der Waals surface area contributed by atoms with Crippen LogP contribution < -0.4 is 0 Å². The standard InChI is InChI=1S/C11H11F3O/c1-3-8-5-4-6-9(7(2)15)10(8)11(12,13)14/h4-6H,3H2,1-2H3. The molecule has 0 fully saturated rings. The van der Waals surface area contributed by atoms with Crippen LogP contribution in [0.5, 0.6) is 0 Å². The summed E-state index contributed by atoms with van der Waals surface area (Å²) in [5.41, 5.74) is -0.878. The van der Waals surface area contributed by atoms with Gasteiger partial charge in [0.15, 0.2) is 5.78 Å². The smallest absolute Gasteiger partial charge is 0.294 e. The van der Waals surface area contributed by atoms with Gasteiger partial charge in [-0.05, 0) is 18.9 Å². The van der Waals surface area contributed by atoms with Crippen molar-refractivity contribution in [3.63, 3.8) is 0 Å². The van der Waals surface area contributed by atoms with Crippen LogP contribution in [-0.4, -0.2) is 5.78 Å². The Labute approximate surface area is 85.9 Å². The molecule has 0 radical (unpaired) electrons. The molecule has 1 rings (SSSR count). The maximum absolute atomic E-state index is 12.7. The van der Waals surface area contributed by atoms with Crippen LogP contribution in [0.4, 0.5) is 13.2 Å². The second-order valence-corrected chi connectivity index (χ2v) is 3.25. The SMILES string of the molecule is CCc1cccc(C(C)=O)c1C(F)(F)F. The Hall–Kier alpha value is -1.32. The molecule has 0 saturated heterocycles. The molecule has 0 N–H and O–H groups in total. The average Bonchev–Trinajstić information content (AvgIpc) is 2.15. The molecular formula is C11H11F3O. The zero-order chi connectivity index (χ0) is 11.6. The highest BCUT2D eigenvalue weighted by Crippen LogP contribution is 2.35. The summed E-state index contributed by atoms with van der Waals surface area (Å²) in [6, 6.07) is 4.09. The average molecular weight is 216 g/mol. The summed E-state index contributed by atoms with van der Waals surface area (Å²) in [6.45, 7) is 2.78. The van der Waals surface area contributed by atoms with Gasteiger partial charge in [-0.15, -0.1) is 0 Å². The molecule has 0 bridgehead atoms. The van der Waals surface area contributed by atoms with Crippen LogP contribution in [0.2, 0.25) is 0 Å². The molecule has 4 heteroatoms. The molecule has 0 unspecified atom stereocenters. The first-order valence-corrected chi connectivity index (χ1v) is 4.58. The van der Waals surface area contributed by atoms with Crippen LogP contribution in [-0.2, 0) is 12.6 Å². The van der Waals surface area contributed by atoms with Gasteiger partial charge in [0.1, 0.15) is 0 Å². The van der Waals surface area contributed by atoms with Crippen molar-refractivity contribution in [1.82, 2.24) is 0 Å². The zero-order valence-electron chi connectivity index (χ0n) is 8.48. The molecule has 82 valence electrons. The number of hydrogen-bond donors (Lipinski definition) is 0. The third-order valence-corrected chi connectivity index (χ3v) is 2.19. The minimum Gasteiger partial charge on any atom is -0.294 e. The third-order valence-electron chi connectivity index (χ3n) is 2.19. The minimum absolute atomic E-state index is 0.162. The van der Waals surface area contributed by atoms with E-state index in [4.69, 9.17) is 0 Å². The van der Waals surface area contributed by atoms with Gasteiger partial charge in [-0.1, -0.05) is 25.1 Å². The monoisotopic (exact) mass is 216 g/mol. The van der Waals surface area contributed by atoms with Gasteiger partial charge in [0.2, 0.25) is 0 Å². The molecular weight excluding hydrogens is 205 g/mol. The summed E-state index contributed by atoms with van der Waals surface area (Å²) in [5, 5.41) is 0. The second kappa shape index (κ2) is 4.04. The number of carbonyl (C=O) groups excluding carboxylic acids is 1. The summed E-state index contributed by atoms with van der Waals surface area (Å²) in [7, 11) is 0. The molecule has 1 aromatic rings. The van der Waals surface area contributed by atoms with E-state index in [9.17, 15) is 18.0 Å². The number of ketones is 1. The lowest BCUT2D eigenvalue weighted by Crippen LogP contribution is -2.14. The Morgan fingerprint density at radius 1 is 1.33 bits per heavy atom. The van der Waals surface area contributed by atoms with Crippen molar-refractivity contribution in [3.05, 3.63) is 34.9 Å². The van der Waals surface area contributed by atoms with Crippen LogP contribution in [0.3, 0.4) is 0 Å². The largest absolute Gasteiger partial charge is 0.417 e. The number of alkyl halides is 3. The summed E-state index contributed by atoms with van der Waals surface area (Å²) in [5.74, 6) is -0.558. The Bertz CT molecular complexity index is 380. The van der Waals surface area contributed by atoms with Crippen LogP contribution >= 0.6 is 0 Å². The lowest BCUT2D eigenvalue weighted by molar-refractivity contribution is -0.138. The Kier molecular flexibility index (Phi) is 3.17. The third kappa shape index (κ3) is 2.37. The molecule has 0 atom stereocenters. The van der Waals surface area contributed by atoms with E-state index < -0.39 is 17.5 Å². The zero-order valence-corrected chi connectivity index (χ0v) is 8.48. The Morgan fingerprint density at radius 3 is 2.33 bits per heavy atom. The van der Waals surface area contributed by atoms with E-state index in [-0.39, 0.29) is 17.5 Å². The van der Waals surface area contributed by atoms with E-state index in [1.807, 2.05) is 0 Å². The first-order chi connectivity index (χ1) is 6.88. The summed E-state index contributed by atoms with van der Waals surface area (Å²) in [6.07, 6.45) is -4.20. The van der Waals surface area contributed by atoms with E-state index in [1.54, 1.807) is 6.92 Å². The van der Waals surface area contributed by atoms with Crippen molar-refractivity contribution in [3.8, 4) is 0 Å². The van der Waals surface area contributed by atoms with Crippen molar-refractivity contribution >= 4 is 5.78 Å². The van der Waals surface area contributed by atoms with Crippen molar-refractivity contribution in [2.75, 3.05) is 0 Å². The molecule has 0 aliphatic carbocycles. The molecule has 0 amide bonds. The van der Waals surface area contributed by atoms with Crippen molar-refractivity contribution in [1.29, 1.82) is 0 Å². The quantitative estimate of drug-likeness (QED) is 0.692. The van der Waals surface area contributed by atoms with Crippen molar-refractivity contribution in [2.45, 2.75) is 26.4 Å². The van der Waals surface area contributed by atoms with E-state index in [2.05, 4.69) is 0 Å². The van der Waals surface area contributed by atoms with E-state index >= 15 is 0 Å². The normalized spacial score (nSPS) is 11.5. The van der Waals surface area contributed by atoms with E-state index in [0.29, 0.717) is 0 Å². The van der Waals surface area contributed by atoms with Crippen LogP contribution in [0.25, 0.3) is 0 Å². The highest BCUT2D eigenvalue weighted by atomic mass is 19.4. The summed E-state index contributed by atoms with van der Waals surface area (Å²) < 4.78 is 38.1. The molecule has 1 aromatic carbocycles. The lowest BCUT2D eigenvalue weighted by Gasteiger charge is -2.14. The summed E-state index contributed by atoms with van der Waals surface area (Å²) >= 11 is 0. The maximum Gasteiger partial charge on any atom is 0.417 e. The fraction of sp³-hybridized carbons (Fsp3) is 0.364. The minimum atomic E-state index is -4.46. The first kappa shape index (κ1) is 11.8. The fourth-order valence-electron chi connectivity index (χ4n) is 1.52. The van der Waals surface area contributed by atoms with Crippen LogP contribution in [0.15, 0.2) is 18.2 Å². The van der Waals surface area contributed by atoms with Gasteiger partial charge in [-0.3, -0.25) is 4.79 Å². The molecule has 15 heavy (non-hydrogen) atoms. The fourth-order valence-corrected chi connectivity index (χ4v) is 1.52. The highest BCUT2D eigenvalue weighted by molar-refractivity contribution is 5.96. The maximum atomic E-state index is 12.7. The number of Topliss-reactive ketones (excluding diaryl/α,β-unsaturated/α-hetero) is 1. The van der Waals surface area contributed by atoms with Gasteiger partial charge >= 0.3 is 6.18 Å². The molecule has 0 aliphatic rings. The molecule has 0 heterocycles. The molecule has 0 aliphatic heterocycles. The van der Waals surface area contributed by atoms with Crippen molar-refractivity contribution in [2.24, 2.45) is 0 Å². The number of aryl methyl sites for hydroxylation is 1. The van der Waals surface area contributed by atoms with Gasteiger partial charge in [-0.2, -0.15) is 13.2 Å². The van der Waals surface area contributed by atoms with Crippen LogP contribution in [0, 0.1) is 0 Å². The predicted molar refractivity (Wildman–Crippen MR) is 50.8 cm³/mol. The number of carbonyl (C=O) groups is 1. The van der Waals surface area contributed by atoms with Gasteiger partial charge in [0.05, 0.1) is 5.56 Å². The van der Waals surface area contributed by atoms with Gasteiger partial charge in [-0.25, -0.2) is 0 Å². The second-order valence-electron chi connectivity index (χ2n) is 3.25. The lowest BCUT2D eigenvalue weighted by atomic mass is 9.96. The van der Waals surface area contributed by atoms with Gasteiger partial charge in [0.25, 0.3) is 0 Å².